The monoisotopic (exact) mass is 640 g/mol. The zero-order chi connectivity index (χ0) is 33.0. The molecular weight excluding hydrogens is 605 g/mol. The predicted octanol–water partition coefficient (Wildman–Crippen LogP) is 12.7. The maximum absolute atomic E-state index is 2.56. The number of rotatable bonds is 5. The largest absolute Gasteiger partial charge is 0.309 e. The van der Waals surface area contributed by atoms with Crippen molar-refractivity contribution in [1.82, 2.24) is 9.13 Å². The fourth-order valence-electron chi connectivity index (χ4n) is 8.55. The van der Waals surface area contributed by atoms with Crippen LogP contribution in [-0.4, -0.2) is 9.13 Å². The summed E-state index contributed by atoms with van der Waals surface area (Å²) >= 11 is 0. The Morgan fingerprint density at radius 2 is 1.08 bits per heavy atom. The molecule has 2 aliphatic carbocycles. The SMILES string of the molecule is C1=CCCC(C2=CC(c3cccc4c5ccccc5n(-c5ccccc5)c34)=CC(c3cccc4c5ccccc5n(-c5ccccc5)c34)C2)=C1. The van der Waals surface area contributed by atoms with Crippen LogP contribution in [0, 0.1) is 0 Å². The summed E-state index contributed by atoms with van der Waals surface area (Å²) in [5, 5.41) is 5.16. The fourth-order valence-corrected chi connectivity index (χ4v) is 8.55. The van der Waals surface area contributed by atoms with Gasteiger partial charge >= 0.3 is 0 Å². The Balaban J connectivity index is 1.26. The van der Waals surface area contributed by atoms with Crippen LogP contribution in [0.2, 0.25) is 0 Å². The topological polar surface area (TPSA) is 9.86 Å². The van der Waals surface area contributed by atoms with E-state index in [1.165, 1.54) is 82.8 Å². The summed E-state index contributed by atoms with van der Waals surface area (Å²) in [7, 11) is 0. The molecule has 0 fully saturated rings. The van der Waals surface area contributed by atoms with Gasteiger partial charge in [-0.25, -0.2) is 0 Å². The lowest BCUT2D eigenvalue weighted by Crippen LogP contribution is -2.09. The molecule has 0 amide bonds. The third-order valence-electron chi connectivity index (χ3n) is 10.7. The van der Waals surface area contributed by atoms with E-state index in [2.05, 4.69) is 185 Å². The fraction of sp³-hybridized carbons (Fsp3) is 0.0833. The average molecular weight is 641 g/mol. The van der Waals surface area contributed by atoms with E-state index in [4.69, 9.17) is 0 Å². The second kappa shape index (κ2) is 11.8. The lowest BCUT2D eigenvalue weighted by atomic mass is 9.79. The first kappa shape index (κ1) is 28.9. The molecule has 2 heterocycles. The number of para-hydroxylation sites is 6. The summed E-state index contributed by atoms with van der Waals surface area (Å²) in [6.45, 7) is 0. The summed E-state index contributed by atoms with van der Waals surface area (Å²) in [4.78, 5) is 0. The van der Waals surface area contributed by atoms with Gasteiger partial charge in [-0.1, -0.05) is 140 Å². The van der Waals surface area contributed by atoms with E-state index in [0.717, 1.165) is 19.3 Å². The summed E-state index contributed by atoms with van der Waals surface area (Å²) in [6.07, 6.45) is 15.1. The van der Waals surface area contributed by atoms with Crippen LogP contribution in [0.5, 0.6) is 0 Å². The molecule has 2 aromatic heterocycles. The molecule has 2 nitrogen and oxygen atoms in total. The molecule has 0 spiro atoms. The Hall–Kier alpha value is -6.12. The Morgan fingerprint density at radius 1 is 0.500 bits per heavy atom. The minimum atomic E-state index is 0.192. The number of nitrogens with zero attached hydrogens (tertiary/aromatic N) is 2. The molecule has 0 saturated heterocycles. The van der Waals surface area contributed by atoms with Crippen molar-refractivity contribution < 1.29 is 0 Å². The summed E-state index contributed by atoms with van der Waals surface area (Å²) in [5.41, 5.74) is 14.2. The Bertz CT molecular complexity index is 2710. The van der Waals surface area contributed by atoms with Crippen LogP contribution in [0.4, 0.5) is 0 Å². The van der Waals surface area contributed by atoms with Crippen molar-refractivity contribution in [3.8, 4) is 11.4 Å². The zero-order valence-corrected chi connectivity index (χ0v) is 27.8. The van der Waals surface area contributed by atoms with Crippen LogP contribution in [0.15, 0.2) is 187 Å². The Morgan fingerprint density at radius 3 is 1.74 bits per heavy atom. The Labute approximate surface area is 292 Å². The first-order chi connectivity index (χ1) is 24.8. The lowest BCUT2D eigenvalue weighted by molar-refractivity contribution is 0.806. The maximum Gasteiger partial charge on any atom is 0.0619 e. The van der Waals surface area contributed by atoms with Crippen LogP contribution >= 0.6 is 0 Å². The van der Waals surface area contributed by atoms with Gasteiger partial charge in [0, 0.05) is 44.4 Å². The number of benzene rings is 6. The van der Waals surface area contributed by atoms with Gasteiger partial charge in [0.2, 0.25) is 0 Å². The number of allylic oxidation sites excluding steroid dienone is 8. The van der Waals surface area contributed by atoms with Crippen LogP contribution in [-0.2, 0) is 0 Å². The standard InChI is InChI=1S/C48H36N2/c1-4-16-33(17-5-1)34-30-35(39-24-14-26-43-41-22-10-12-28-45(41)49(47(39)43)37-18-6-2-7-19-37)32-36(31-34)40-25-15-27-44-42-23-11-13-29-46(42)50(48(40)44)38-20-8-3-9-21-38/h1-4,6-16,18-30,32,36H,5,17,31H2. The van der Waals surface area contributed by atoms with Gasteiger partial charge in [-0.05, 0) is 77.9 Å². The van der Waals surface area contributed by atoms with Crippen LogP contribution < -0.4 is 0 Å². The molecule has 0 N–H and O–H groups in total. The molecule has 0 radical (unpaired) electrons. The van der Waals surface area contributed by atoms with Crippen molar-refractivity contribution in [1.29, 1.82) is 0 Å². The van der Waals surface area contributed by atoms with Crippen LogP contribution in [0.3, 0.4) is 0 Å². The molecular formula is C48H36N2. The van der Waals surface area contributed by atoms with E-state index < -0.39 is 0 Å². The molecule has 0 saturated carbocycles. The molecule has 2 aliphatic rings. The number of fused-ring (bicyclic) bond motifs is 6. The molecule has 10 rings (SSSR count). The van der Waals surface area contributed by atoms with Gasteiger partial charge in [0.05, 0.1) is 22.1 Å². The third kappa shape index (κ3) is 4.56. The summed E-state index contributed by atoms with van der Waals surface area (Å²) in [6, 6.07) is 53.2. The highest BCUT2D eigenvalue weighted by Gasteiger charge is 2.26. The average Bonchev–Trinajstić information content (AvgIpc) is 3.72. The summed E-state index contributed by atoms with van der Waals surface area (Å²) < 4.78 is 4.96. The van der Waals surface area contributed by atoms with Gasteiger partial charge in [-0.2, -0.15) is 0 Å². The Kier molecular flexibility index (Phi) is 6.80. The van der Waals surface area contributed by atoms with Crippen molar-refractivity contribution in [2.45, 2.75) is 25.2 Å². The first-order valence-corrected chi connectivity index (χ1v) is 17.8. The smallest absolute Gasteiger partial charge is 0.0619 e. The minimum Gasteiger partial charge on any atom is -0.309 e. The van der Waals surface area contributed by atoms with E-state index in [-0.39, 0.29) is 5.92 Å². The van der Waals surface area contributed by atoms with E-state index in [9.17, 15) is 0 Å². The van der Waals surface area contributed by atoms with E-state index in [1.807, 2.05) is 0 Å². The molecule has 0 aliphatic heterocycles. The van der Waals surface area contributed by atoms with Crippen molar-refractivity contribution in [3.05, 3.63) is 198 Å². The predicted molar refractivity (Wildman–Crippen MR) is 211 cm³/mol. The molecule has 0 bridgehead atoms. The molecule has 2 heteroatoms. The number of hydrogen-bond donors (Lipinski definition) is 0. The quantitative estimate of drug-likeness (QED) is 0.177. The highest BCUT2D eigenvalue weighted by atomic mass is 15.0. The summed E-state index contributed by atoms with van der Waals surface area (Å²) in [5.74, 6) is 0.192. The molecule has 238 valence electrons. The van der Waals surface area contributed by atoms with E-state index >= 15 is 0 Å². The third-order valence-corrected chi connectivity index (χ3v) is 10.7. The molecule has 1 atom stereocenters. The van der Waals surface area contributed by atoms with Gasteiger partial charge in [0.25, 0.3) is 0 Å². The van der Waals surface area contributed by atoms with Crippen LogP contribution in [0.25, 0.3) is 60.6 Å². The molecule has 6 aromatic carbocycles. The van der Waals surface area contributed by atoms with E-state index in [1.54, 1.807) is 0 Å². The highest BCUT2D eigenvalue weighted by molar-refractivity contribution is 6.13. The second-order valence-corrected chi connectivity index (χ2v) is 13.6. The van der Waals surface area contributed by atoms with Gasteiger partial charge in [0.1, 0.15) is 0 Å². The van der Waals surface area contributed by atoms with Crippen molar-refractivity contribution in [2.75, 3.05) is 0 Å². The first-order valence-electron chi connectivity index (χ1n) is 17.8. The second-order valence-electron chi connectivity index (χ2n) is 13.6. The molecule has 8 aromatic rings. The van der Waals surface area contributed by atoms with Gasteiger partial charge in [0.15, 0.2) is 0 Å². The zero-order valence-electron chi connectivity index (χ0n) is 27.8. The number of aromatic nitrogens is 2. The normalized spacial score (nSPS) is 16.2. The highest BCUT2D eigenvalue weighted by Crippen LogP contribution is 2.45. The van der Waals surface area contributed by atoms with Gasteiger partial charge in [-0.15, -0.1) is 0 Å². The van der Waals surface area contributed by atoms with Crippen molar-refractivity contribution in [2.24, 2.45) is 0 Å². The van der Waals surface area contributed by atoms with E-state index in [0.29, 0.717) is 0 Å². The van der Waals surface area contributed by atoms with Gasteiger partial charge in [-0.3, -0.25) is 0 Å². The van der Waals surface area contributed by atoms with Crippen molar-refractivity contribution >= 4 is 49.2 Å². The minimum absolute atomic E-state index is 0.192. The lowest BCUT2D eigenvalue weighted by Gasteiger charge is -2.26. The molecule has 1 unspecified atom stereocenters. The number of hydrogen-bond acceptors (Lipinski definition) is 0. The van der Waals surface area contributed by atoms with Gasteiger partial charge < -0.3 is 9.13 Å². The molecule has 50 heavy (non-hydrogen) atoms. The maximum atomic E-state index is 2.56. The van der Waals surface area contributed by atoms with Crippen molar-refractivity contribution in [3.63, 3.8) is 0 Å². The van der Waals surface area contributed by atoms with Crippen LogP contribution in [0.1, 0.15) is 36.3 Å².